The van der Waals surface area contributed by atoms with E-state index in [9.17, 15) is 0 Å². The van der Waals surface area contributed by atoms with E-state index >= 15 is 0 Å². The van der Waals surface area contributed by atoms with Gasteiger partial charge in [0, 0.05) is 30.2 Å². The number of hydrogen-bond acceptors (Lipinski definition) is 4. The summed E-state index contributed by atoms with van der Waals surface area (Å²) in [5.74, 6) is 0.812. The average Bonchev–Trinajstić information content (AvgIpc) is 2.37. The zero-order chi connectivity index (χ0) is 13.7. The van der Waals surface area contributed by atoms with Gasteiger partial charge in [-0.25, -0.2) is 9.97 Å². The molecule has 2 heterocycles. The Morgan fingerprint density at radius 1 is 1.00 bits per heavy atom. The molecule has 0 unspecified atom stereocenters. The largest absolute Gasteiger partial charge is 0.306 e. The summed E-state index contributed by atoms with van der Waals surface area (Å²) in [6, 6.07) is 7.82. The highest BCUT2D eigenvalue weighted by atomic mass is 15.0. The van der Waals surface area contributed by atoms with E-state index in [1.165, 1.54) is 0 Å². The summed E-state index contributed by atoms with van der Waals surface area (Å²) in [6.45, 7) is 7.18. The fraction of sp³-hybridized carbons (Fsp3) is 0.400. The summed E-state index contributed by atoms with van der Waals surface area (Å²) in [5, 5.41) is 3.42. The topological polar surface area (TPSA) is 50.7 Å². The molecule has 0 aromatic carbocycles. The van der Waals surface area contributed by atoms with Crippen molar-refractivity contribution in [2.75, 3.05) is 0 Å². The van der Waals surface area contributed by atoms with E-state index in [2.05, 4.69) is 41.0 Å². The van der Waals surface area contributed by atoms with E-state index in [0.29, 0.717) is 6.42 Å². The van der Waals surface area contributed by atoms with Crippen LogP contribution in [0.3, 0.4) is 0 Å². The molecule has 0 amide bonds. The van der Waals surface area contributed by atoms with Gasteiger partial charge in [0.1, 0.15) is 5.82 Å². The second-order valence-corrected chi connectivity index (χ2v) is 5.57. The molecule has 0 saturated heterocycles. The van der Waals surface area contributed by atoms with Crippen molar-refractivity contribution in [3.05, 3.63) is 53.9 Å². The highest BCUT2D eigenvalue weighted by molar-refractivity contribution is 5.11. The van der Waals surface area contributed by atoms with Gasteiger partial charge in [0.25, 0.3) is 0 Å². The van der Waals surface area contributed by atoms with Crippen LogP contribution in [-0.2, 0) is 13.0 Å². The van der Waals surface area contributed by atoms with Gasteiger partial charge < -0.3 is 5.32 Å². The molecule has 0 saturated carbocycles. The van der Waals surface area contributed by atoms with Crippen molar-refractivity contribution in [3.8, 4) is 0 Å². The van der Waals surface area contributed by atoms with Crippen molar-refractivity contribution in [2.24, 2.45) is 0 Å². The van der Waals surface area contributed by atoms with E-state index in [-0.39, 0.29) is 5.54 Å². The van der Waals surface area contributed by atoms with E-state index in [1.54, 1.807) is 6.20 Å². The van der Waals surface area contributed by atoms with Gasteiger partial charge in [-0.2, -0.15) is 0 Å². The van der Waals surface area contributed by atoms with E-state index in [0.717, 1.165) is 23.8 Å². The van der Waals surface area contributed by atoms with Crippen LogP contribution in [0.4, 0.5) is 0 Å². The van der Waals surface area contributed by atoms with Crippen LogP contribution in [0.2, 0.25) is 0 Å². The fourth-order valence-corrected chi connectivity index (χ4v) is 1.65. The van der Waals surface area contributed by atoms with Crippen LogP contribution in [0.15, 0.2) is 36.7 Å². The quantitative estimate of drug-likeness (QED) is 0.912. The van der Waals surface area contributed by atoms with Crippen LogP contribution in [-0.4, -0.2) is 20.5 Å². The number of aromatic nitrogens is 3. The zero-order valence-corrected chi connectivity index (χ0v) is 11.7. The van der Waals surface area contributed by atoms with E-state index < -0.39 is 0 Å². The highest BCUT2D eigenvalue weighted by Gasteiger charge is 2.09. The van der Waals surface area contributed by atoms with Gasteiger partial charge in [0.15, 0.2) is 0 Å². The molecule has 2 aromatic rings. The Kier molecular flexibility index (Phi) is 4.22. The van der Waals surface area contributed by atoms with Crippen LogP contribution >= 0.6 is 0 Å². The molecular formula is C15H20N4. The van der Waals surface area contributed by atoms with Crippen molar-refractivity contribution in [1.29, 1.82) is 0 Å². The third kappa shape index (κ3) is 4.75. The molecule has 0 aliphatic carbocycles. The molecule has 0 spiro atoms. The molecule has 2 rings (SSSR count). The Bertz CT molecular complexity index is 517. The van der Waals surface area contributed by atoms with Gasteiger partial charge >= 0.3 is 0 Å². The van der Waals surface area contributed by atoms with E-state index in [1.807, 2.05) is 30.5 Å². The van der Waals surface area contributed by atoms with Crippen LogP contribution in [0.25, 0.3) is 0 Å². The molecule has 100 valence electrons. The van der Waals surface area contributed by atoms with Crippen molar-refractivity contribution in [2.45, 2.75) is 39.3 Å². The van der Waals surface area contributed by atoms with Crippen LogP contribution < -0.4 is 5.32 Å². The molecule has 1 N–H and O–H groups in total. The van der Waals surface area contributed by atoms with Crippen LogP contribution in [0, 0.1) is 0 Å². The first-order valence-electron chi connectivity index (χ1n) is 6.49. The minimum absolute atomic E-state index is 0.0894. The molecule has 4 nitrogen and oxygen atoms in total. The predicted molar refractivity (Wildman–Crippen MR) is 75.7 cm³/mol. The smallest absolute Gasteiger partial charge is 0.134 e. The second-order valence-electron chi connectivity index (χ2n) is 5.57. The molecule has 0 aliphatic rings. The summed E-state index contributed by atoms with van der Waals surface area (Å²) >= 11 is 0. The van der Waals surface area contributed by atoms with Crippen LogP contribution in [0.1, 0.15) is 38.0 Å². The SMILES string of the molecule is CC(C)(C)NCc1ccnc(Cc2ccccn2)n1. The number of nitrogens with zero attached hydrogens (tertiary/aromatic N) is 3. The zero-order valence-electron chi connectivity index (χ0n) is 11.7. The molecule has 19 heavy (non-hydrogen) atoms. The molecule has 0 aliphatic heterocycles. The molecule has 2 aromatic heterocycles. The normalized spacial score (nSPS) is 11.5. The Morgan fingerprint density at radius 3 is 2.53 bits per heavy atom. The summed E-state index contributed by atoms with van der Waals surface area (Å²) in [6.07, 6.45) is 4.27. The van der Waals surface area contributed by atoms with Gasteiger partial charge in [0.05, 0.1) is 12.1 Å². The summed E-state index contributed by atoms with van der Waals surface area (Å²) < 4.78 is 0. The van der Waals surface area contributed by atoms with Crippen molar-refractivity contribution >= 4 is 0 Å². The maximum absolute atomic E-state index is 4.56. The predicted octanol–water partition coefficient (Wildman–Crippen LogP) is 2.35. The van der Waals surface area contributed by atoms with Crippen molar-refractivity contribution < 1.29 is 0 Å². The summed E-state index contributed by atoms with van der Waals surface area (Å²) in [5.41, 5.74) is 2.09. The Labute approximate surface area is 114 Å². The third-order valence-electron chi connectivity index (χ3n) is 2.63. The molecule has 0 atom stereocenters. The number of pyridine rings is 1. The lowest BCUT2D eigenvalue weighted by Crippen LogP contribution is -2.35. The maximum Gasteiger partial charge on any atom is 0.134 e. The van der Waals surface area contributed by atoms with Crippen molar-refractivity contribution in [3.63, 3.8) is 0 Å². The first kappa shape index (κ1) is 13.6. The first-order chi connectivity index (χ1) is 9.03. The summed E-state index contributed by atoms with van der Waals surface area (Å²) in [7, 11) is 0. The minimum atomic E-state index is 0.0894. The van der Waals surface area contributed by atoms with Gasteiger partial charge in [-0.1, -0.05) is 6.07 Å². The molecule has 0 bridgehead atoms. The number of rotatable bonds is 4. The van der Waals surface area contributed by atoms with Crippen LogP contribution in [0.5, 0.6) is 0 Å². The number of hydrogen-bond donors (Lipinski definition) is 1. The second kappa shape index (κ2) is 5.89. The Hall–Kier alpha value is -1.81. The van der Waals surface area contributed by atoms with Gasteiger partial charge in [-0.15, -0.1) is 0 Å². The molecular weight excluding hydrogens is 236 g/mol. The Morgan fingerprint density at radius 2 is 1.84 bits per heavy atom. The van der Waals surface area contributed by atoms with Gasteiger partial charge in [-0.3, -0.25) is 4.98 Å². The lowest BCUT2D eigenvalue weighted by molar-refractivity contribution is 0.420. The van der Waals surface area contributed by atoms with E-state index in [4.69, 9.17) is 0 Å². The lowest BCUT2D eigenvalue weighted by Gasteiger charge is -2.20. The monoisotopic (exact) mass is 256 g/mol. The average molecular weight is 256 g/mol. The standard InChI is InChI=1S/C15H20N4/c1-15(2,3)18-11-13-7-9-17-14(19-13)10-12-6-4-5-8-16-12/h4-9,18H,10-11H2,1-3H3. The molecule has 4 heteroatoms. The third-order valence-corrected chi connectivity index (χ3v) is 2.63. The van der Waals surface area contributed by atoms with Crippen molar-refractivity contribution in [1.82, 2.24) is 20.3 Å². The fourth-order valence-electron chi connectivity index (χ4n) is 1.65. The van der Waals surface area contributed by atoms with Gasteiger partial charge in [0.2, 0.25) is 0 Å². The minimum Gasteiger partial charge on any atom is -0.306 e. The Balaban J connectivity index is 2.03. The molecule has 0 fully saturated rings. The highest BCUT2D eigenvalue weighted by Crippen LogP contribution is 2.05. The number of nitrogens with one attached hydrogen (secondary N) is 1. The summed E-state index contributed by atoms with van der Waals surface area (Å²) in [4.78, 5) is 13.2. The first-order valence-corrected chi connectivity index (χ1v) is 6.49. The molecule has 0 radical (unpaired) electrons. The maximum atomic E-state index is 4.56. The lowest BCUT2D eigenvalue weighted by atomic mass is 10.1. The van der Waals surface area contributed by atoms with Gasteiger partial charge in [-0.05, 0) is 39.0 Å².